The van der Waals surface area contributed by atoms with E-state index in [1.54, 1.807) is 7.11 Å². The summed E-state index contributed by atoms with van der Waals surface area (Å²) in [4.78, 5) is 6.79. The van der Waals surface area contributed by atoms with Crippen molar-refractivity contribution < 1.29 is 9.47 Å². The van der Waals surface area contributed by atoms with Crippen LogP contribution in [0, 0.1) is 5.92 Å². The molecular weight excluding hydrogens is 314 g/mol. The quantitative estimate of drug-likeness (QED) is 0.402. The molecule has 1 N–H and O–H groups in total. The minimum atomic E-state index is 0.587. The number of ether oxygens (including phenoxy) is 2. The molecule has 0 saturated carbocycles. The standard InChI is InChI=1S/C20H33N3O2/c1-21-20(22-12-7-4-8-14-24-2)23-13-11-19(15-23)17-25-16-18-9-5-3-6-10-18/h3,5-6,9-10,19H,4,7-8,11-17H2,1-2H3,(H,21,22). The van der Waals surface area contributed by atoms with Crippen LogP contribution in [0.25, 0.3) is 0 Å². The van der Waals surface area contributed by atoms with E-state index < -0.39 is 0 Å². The number of hydrogen-bond acceptors (Lipinski definition) is 3. The minimum absolute atomic E-state index is 0.587. The second-order valence-electron chi connectivity index (χ2n) is 6.63. The summed E-state index contributed by atoms with van der Waals surface area (Å²) in [6.45, 7) is 5.43. The van der Waals surface area contributed by atoms with Gasteiger partial charge in [0.05, 0.1) is 13.2 Å². The van der Waals surface area contributed by atoms with Gasteiger partial charge in [-0.25, -0.2) is 0 Å². The van der Waals surface area contributed by atoms with Crippen LogP contribution in [-0.2, 0) is 16.1 Å². The van der Waals surface area contributed by atoms with Gasteiger partial charge in [-0.3, -0.25) is 4.99 Å². The molecule has 5 heteroatoms. The van der Waals surface area contributed by atoms with Crippen LogP contribution >= 0.6 is 0 Å². The highest BCUT2D eigenvalue weighted by atomic mass is 16.5. The normalized spacial score (nSPS) is 17.9. The van der Waals surface area contributed by atoms with Crippen molar-refractivity contribution in [3.05, 3.63) is 35.9 Å². The molecule has 1 fully saturated rings. The molecule has 1 aromatic rings. The fourth-order valence-electron chi connectivity index (χ4n) is 3.16. The van der Waals surface area contributed by atoms with Crippen LogP contribution in [0.5, 0.6) is 0 Å². The Bertz CT molecular complexity index is 493. The summed E-state index contributed by atoms with van der Waals surface area (Å²) in [7, 11) is 3.62. The molecule has 1 atom stereocenters. The zero-order valence-corrected chi connectivity index (χ0v) is 15.7. The van der Waals surface area contributed by atoms with Crippen LogP contribution in [0.4, 0.5) is 0 Å². The van der Waals surface area contributed by atoms with Gasteiger partial charge < -0.3 is 19.7 Å². The molecule has 0 spiro atoms. The van der Waals surface area contributed by atoms with Crippen molar-refractivity contribution >= 4 is 5.96 Å². The van der Waals surface area contributed by atoms with Gasteiger partial charge in [0.15, 0.2) is 5.96 Å². The van der Waals surface area contributed by atoms with Gasteiger partial charge in [-0.05, 0) is 31.2 Å². The van der Waals surface area contributed by atoms with E-state index in [4.69, 9.17) is 9.47 Å². The number of likely N-dealkylation sites (tertiary alicyclic amines) is 1. The van der Waals surface area contributed by atoms with Crippen molar-refractivity contribution in [2.75, 3.05) is 47.0 Å². The Morgan fingerprint density at radius 3 is 2.84 bits per heavy atom. The van der Waals surface area contributed by atoms with E-state index in [1.165, 1.54) is 18.4 Å². The molecule has 0 aliphatic carbocycles. The minimum Gasteiger partial charge on any atom is -0.385 e. The summed E-state index contributed by atoms with van der Waals surface area (Å²) < 4.78 is 11.0. The maximum absolute atomic E-state index is 5.90. The Hall–Kier alpha value is -1.59. The molecule has 1 aromatic carbocycles. The number of methoxy groups -OCH3 is 1. The smallest absolute Gasteiger partial charge is 0.193 e. The van der Waals surface area contributed by atoms with Crippen LogP contribution in [-0.4, -0.2) is 57.9 Å². The average molecular weight is 348 g/mol. The van der Waals surface area contributed by atoms with Crippen molar-refractivity contribution in [3.63, 3.8) is 0 Å². The first-order chi connectivity index (χ1) is 12.3. The predicted octanol–water partition coefficient (Wildman–Crippen LogP) is 2.92. The maximum atomic E-state index is 5.90. The Labute approximate surface area is 152 Å². The van der Waals surface area contributed by atoms with Crippen LogP contribution < -0.4 is 5.32 Å². The van der Waals surface area contributed by atoms with Gasteiger partial charge in [0, 0.05) is 46.3 Å². The van der Waals surface area contributed by atoms with E-state index in [0.717, 1.165) is 51.6 Å². The zero-order chi connectivity index (χ0) is 17.7. The number of rotatable bonds is 10. The molecule has 1 heterocycles. The van der Waals surface area contributed by atoms with Gasteiger partial charge in [-0.2, -0.15) is 0 Å². The molecule has 0 bridgehead atoms. The van der Waals surface area contributed by atoms with Crippen molar-refractivity contribution in [3.8, 4) is 0 Å². The van der Waals surface area contributed by atoms with Crippen molar-refractivity contribution in [2.45, 2.75) is 32.3 Å². The van der Waals surface area contributed by atoms with E-state index >= 15 is 0 Å². The number of unbranched alkanes of at least 4 members (excludes halogenated alkanes) is 2. The van der Waals surface area contributed by atoms with Gasteiger partial charge in [-0.15, -0.1) is 0 Å². The molecule has 0 radical (unpaired) electrons. The van der Waals surface area contributed by atoms with Crippen LogP contribution in [0.1, 0.15) is 31.2 Å². The van der Waals surface area contributed by atoms with Crippen LogP contribution in [0.15, 0.2) is 35.3 Å². The molecule has 0 aromatic heterocycles. The third kappa shape index (κ3) is 7.45. The highest BCUT2D eigenvalue weighted by Crippen LogP contribution is 2.17. The Morgan fingerprint density at radius 1 is 1.24 bits per heavy atom. The number of aliphatic imine (C=N–C) groups is 1. The predicted molar refractivity (Wildman–Crippen MR) is 103 cm³/mol. The highest BCUT2D eigenvalue weighted by Gasteiger charge is 2.24. The highest BCUT2D eigenvalue weighted by molar-refractivity contribution is 5.80. The Kier molecular flexibility index (Phi) is 9.37. The third-order valence-electron chi connectivity index (χ3n) is 4.57. The SMILES string of the molecule is CN=C(NCCCCCOC)N1CCC(COCc2ccccc2)C1. The third-order valence-corrected chi connectivity index (χ3v) is 4.57. The lowest BCUT2D eigenvalue weighted by atomic mass is 10.1. The van der Waals surface area contributed by atoms with E-state index in [-0.39, 0.29) is 0 Å². The maximum Gasteiger partial charge on any atom is 0.193 e. The van der Waals surface area contributed by atoms with Gasteiger partial charge >= 0.3 is 0 Å². The van der Waals surface area contributed by atoms with E-state index in [2.05, 4.69) is 39.5 Å². The van der Waals surface area contributed by atoms with Crippen molar-refractivity contribution in [1.29, 1.82) is 0 Å². The molecule has 1 saturated heterocycles. The summed E-state index contributed by atoms with van der Waals surface area (Å²) in [5.41, 5.74) is 1.24. The van der Waals surface area contributed by atoms with Crippen molar-refractivity contribution in [2.24, 2.45) is 10.9 Å². The number of benzene rings is 1. The summed E-state index contributed by atoms with van der Waals surface area (Å²) in [5.74, 6) is 1.61. The van der Waals surface area contributed by atoms with Crippen LogP contribution in [0.3, 0.4) is 0 Å². The Morgan fingerprint density at radius 2 is 2.08 bits per heavy atom. The summed E-state index contributed by atoms with van der Waals surface area (Å²) >= 11 is 0. The first kappa shape index (κ1) is 19.7. The average Bonchev–Trinajstić information content (AvgIpc) is 3.11. The Balaban J connectivity index is 1.61. The molecular formula is C20H33N3O2. The van der Waals surface area contributed by atoms with E-state index in [1.807, 2.05) is 13.1 Å². The first-order valence-corrected chi connectivity index (χ1v) is 9.39. The number of hydrogen-bond donors (Lipinski definition) is 1. The lowest BCUT2D eigenvalue weighted by Gasteiger charge is -2.21. The second kappa shape index (κ2) is 11.9. The fraction of sp³-hybridized carbons (Fsp3) is 0.650. The first-order valence-electron chi connectivity index (χ1n) is 9.39. The number of nitrogens with one attached hydrogen (secondary N) is 1. The summed E-state index contributed by atoms with van der Waals surface area (Å²) in [5, 5.41) is 3.49. The summed E-state index contributed by atoms with van der Waals surface area (Å²) in [6.07, 6.45) is 4.64. The molecule has 0 amide bonds. The molecule has 25 heavy (non-hydrogen) atoms. The molecule has 5 nitrogen and oxygen atoms in total. The summed E-state index contributed by atoms with van der Waals surface area (Å²) in [6, 6.07) is 10.4. The zero-order valence-electron chi connectivity index (χ0n) is 15.7. The topological polar surface area (TPSA) is 46.1 Å². The molecule has 140 valence electrons. The molecule has 2 rings (SSSR count). The number of guanidine groups is 1. The molecule has 1 unspecified atom stereocenters. The van der Waals surface area contributed by atoms with Gasteiger partial charge in [-0.1, -0.05) is 30.3 Å². The van der Waals surface area contributed by atoms with E-state index in [0.29, 0.717) is 12.5 Å². The fourth-order valence-corrected chi connectivity index (χ4v) is 3.16. The van der Waals surface area contributed by atoms with Gasteiger partial charge in [0.2, 0.25) is 0 Å². The lowest BCUT2D eigenvalue weighted by molar-refractivity contribution is 0.0907. The second-order valence-corrected chi connectivity index (χ2v) is 6.63. The molecule has 1 aliphatic rings. The lowest BCUT2D eigenvalue weighted by Crippen LogP contribution is -2.40. The monoisotopic (exact) mass is 347 g/mol. The van der Waals surface area contributed by atoms with Gasteiger partial charge in [0.1, 0.15) is 0 Å². The molecule has 1 aliphatic heterocycles. The number of nitrogens with zero attached hydrogens (tertiary/aromatic N) is 2. The van der Waals surface area contributed by atoms with Gasteiger partial charge in [0.25, 0.3) is 0 Å². The largest absolute Gasteiger partial charge is 0.385 e. The van der Waals surface area contributed by atoms with Crippen molar-refractivity contribution in [1.82, 2.24) is 10.2 Å². The van der Waals surface area contributed by atoms with Crippen LogP contribution in [0.2, 0.25) is 0 Å². The van der Waals surface area contributed by atoms with E-state index in [9.17, 15) is 0 Å².